The lowest BCUT2D eigenvalue weighted by Crippen LogP contribution is -2.32. The summed E-state index contributed by atoms with van der Waals surface area (Å²) in [7, 11) is 0. The molecule has 1 aromatic heterocycles. The third kappa shape index (κ3) is 6.52. The number of rotatable bonds is 10. The molecule has 0 bridgehead atoms. The lowest BCUT2D eigenvalue weighted by Gasteiger charge is -2.41. The van der Waals surface area contributed by atoms with Crippen LogP contribution in [0.1, 0.15) is 99.4 Å². The second-order valence-corrected chi connectivity index (χ2v) is 14.6. The lowest BCUT2D eigenvalue weighted by molar-refractivity contribution is 0.0894. The number of benzene rings is 3. The molecule has 1 heterocycles. The van der Waals surface area contributed by atoms with Crippen molar-refractivity contribution in [1.82, 2.24) is 4.57 Å². The molecule has 3 aromatic carbocycles. The maximum atomic E-state index is 13.6. The molecule has 0 radical (unpaired) electrons. The zero-order valence-electron chi connectivity index (χ0n) is 25.7. The molecule has 0 saturated heterocycles. The first-order valence-corrected chi connectivity index (χ1v) is 15.4. The van der Waals surface area contributed by atoms with Crippen LogP contribution in [-0.2, 0) is 6.54 Å². The van der Waals surface area contributed by atoms with Gasteiger partial charge in [-0.25, -0.2) is 0 Å². The van der Waals surface area contributed by atoms with Gasteiger partial charge in [0.2, 0.25) is 5.78 Å². The summed E-state index contributed by atoms with van der Waals surface area (Å²) in [5.41, 5.74) is 9.41. The smallest absolute Gasteiger partial charge is 0.252 e. The average Bonchev–Trinajstić information content (AvgIpc) is 3.69. The Kier molecular flexibility index (Phi) is 8.19. The predicted octanol–water partition coefficient (Wildman–Crippen LogP) is 9.17. The molecule has 0 atom stereocenters. The Morgan fingerprint density at radius 1 is 0.952 bits per heavy atom. The fraction of sp³-hybridized carbons (Fsp3) is 0.444. The van der Waals surface area contributed by atoms with E-state index in [0.29, 0.717) is 28.2 Å². The summed E-state index contributed by atoms with van der Waals surface area (Å²) < 4.78 is 8.23. The highest BCUT2D eigenvalue weighted by atomic mass is 35.5. The molecule has 1 amide bonds. The van der Waals surface area contributed by atoms with E-state index in [9.17, 15) is 9.59 Å². The highest BCUT2D eigenvalue weighted by Gasteiger charge is 2.34. The minimum Gasteiger partial charge on any atom is -0.485 e. The molecule has 4 aromatic rings. The van der Waals surface area contributed by atoms with E-state index in [1.807, 2.05) is 12.3 Å². The first kappa shape index (κ1) is 30.2. The van der Waals surface area contributed by atoms with Crippen molar-refractivity contribution >= 4 is 45.0 Å². The second-order valence-electron chi connectivity index (χ2n) is 14.1. The quantitative estimate of drug-likeness (QED) is 0.188. The molecule has 1 aliphatic carbocycles. The van der Waals surface area contributed by atoms with Gasteiger partial charge in [0.05, 0.1) is 5.56 Å². The van der Waals surface area contributed by atoms with Crippen molar-refractivity contribution in [3.8, 4) is 5.75 Å². The largest absolute Gasteiger partial charge is 0.485 e. The molecule has 2 N–H and O–H groups in total. The fourth-order valence-electron chi connectivity index (χ4n) is 6.80. The van der Waals surface area contributed by atoms with Crippen molar-refractivity contribution in [1.29, 1.82) is 0 Å². The van der Waals surface area contributed by atoms with Crippen LogP contribution >= 0.6 is 11.6 Å². The van der Waals surface area contributed by atoms with E-state index in [-0.39, 0.29) is 28.8 Å². The van der Waals surface area contributed by atoms with Crippen molar-refractivity contribution in [3.05, 3.63) is 76.4 Å². The van der Waals surface area contributed by atoms with E-state index in [0.717, 1.165) is 41.1 Å². The normalized spacial score (nSPS) is 14.2. The number of hydrogen-bond donors (Lipinski definition) is 1. The van der Waals surface area contributed by atoms with Crippen LogP contribution in [0.15, 0.2) is 54.7 Å². The molecule has 42 heavy (non-hydrogen) atoms. The fourth-order valence-corrected chi connectivity index (χ4v) is 6.98. The van der Waals surface area contributed by atoms with Crippen molar-refractivity contribution in [3.63, 3.8) is 0 Å². The number of carbonyl (C=O) groups is 2. The molecular formula is C36H43ClN2O3. The van der Waals surface area contributed by atoms with Crippen LogP contribution in [0, 0.1) is 16.7 Å². The van der Waals surface area contributed by atoms with Crippen molar-refractivity contribution < 1.29 is 14.3 Å². The van der Waals surface area contributed by atoms with Gasteiger partial charge < -0.3 is 15.0 Å². The number of ether oxygens (including phenoxy) is 1. The van der Waals surface area contributed by atoms with Crippen LogP contribution in [-0.4, -0.2) is 22.9 Å². The highest BCUT2D eigenvalue weighted by molar-refractivity contribution is 6.31. The van der Waals surface area contributed by atoms with Crippen molar-refractivity contribution in [2.75, 3.05) is 6.61 Å². The van der Waals surface area contributed by atoms with Crippen LogP contribution in [0.2, 0.25) is 5.02 Å². The molecule has 6 heteroatoms. The van der Waals surface area contributed by atoms with Gasteiger partial charge in [-0.15, -0.1) is 0 Å². The number of amides is 1. The first-order valence-electron chi connectivity index (χ1n) is 15.0. The molecule has 0 unspecified atom stereocenters. The topological polar surface area (TPSA) is 74.3 Å². The second kappa shape index (κ2) is 11.4. The number of hydrogen-bond acceptors (Lipinski definition) is 3. The van der Waals surface area contributed by atoms with Gasteiger partial charge in [-0.1, -0.05) is 71.3 Å². The Morgan fingerprint density at radius 3 is 2.31 bits per heavy atom. The Bertz CT molecular complexity index is 1640. The van der Waals surface area contributed by atoms with Gasteiger partial charge in [-0.05, 0) is 95.0 Å². The van der Waals surface area contributed by atoms with Gasteiger partial charge in [-0.2, -0.15) is 0 Å². The summed E-state index contributed by atoms with van der Waals surface area (Å²) >= 11 is 6.13. The maximum absolute atomic E-state index is 13.6. The Labute approximate surface area is 254 Å². The number of halogens is 1. The molecule has 1 aliphatic rings. The summed E-state index contributed by atoms with van der Waals surface area (Å²) in [6, 6.07) is 15.3. The van der Waals surface area contributed by atoms with E-state index in [1.165, 1.54) is 18.4 Å². The number of fused-ring (bicyclic) bond motifs is 2. The number of aryl methyl sites for hydroxylation is 1. The lowest BCUT2D eigenvalue weighted by atomic mass is 9.65. The maximum Gasteiger partial charge on any atom is 0.252 e. The summed E-state index contributed by atoms with van der Waals surface area (Å²) in [5, 5.41) is 3.14. The molecule has 0 spiro atoms. The predicted molar refractivity (Wildman–Crippen MR) is 173 cm³/mol. The number of ketones is 1. The van der Waals surface area contributed by atoms with Gasteiger partial charge in [0.1, 0.15) is 5.75 Å². The number of Topliss-reactive ketones (excluding diaryl/α,β-unsaturated/α-hetero) is 1. The van der Waals surface area contributed by atoms with Gasteiger partial charge in [-0.3, -0.25) is 9.59 Å². The average molecular weight is 587 g/mol. The Hall–Kier alpha value is -3.31. The van der Waals surface area contributed by atoms with E-state index in [1.54, 1.807) is 24.3 Å². The highest BCUT2D eigenvalue weighted by Crippen LogP contribution is 2.44. The Balaban J connectivity index is 1.40. The van der Waals surface area contributed by atoms with E-state index >= 15 is 0 Å². The summed E-state index contributed by atoms with van der Waals surface area (Å²) in [6.07, 6.45) is 6.59. The van der Waals surface area contributed by atoms with E-state index in [2.05, 4.69) is 64.3 Å². The Morgan fingerprint density at radius 2 is 1.67 bits per heavy atom. The molecule has 5 nitrogen and oxygen atoms in total. The third-order valence-corrected chi connectivity index (χ3v) is 9.00. The minimum atomic E-state index is -0.618. The van der Waals surface area contributed by atoms with Crippen molar-refractivity contribution in [2.45, 2.75) is 79.7 Å². The van der Waals surface area contributed by atoms with Gasteiger partial charge in [0.25, 0.3) is 5.91 Å². The molecule has 1 saturated carbocycles. The van der Waals surface area contributed by atoms with Crippen molar-refractivity contribution in [2.24, 2.45) is 22.5 Å². The molecule has 0 aliphatic heterocycles. The standard InChI is InChI=1S/C36H43ClN2O3/c1-35(2,3)33(36(4,5)6)8-7-15-39-20-29(27-14-12-23(18-30(27)39)22-9-10-22)31(40)21-42-32-19-24-11-13-26(37)16-25(24)17-28(32)34(38)41/h11-14,16-20,22,33H,7-10,15,21H2,1-6H3,(H2,38,41). The van der Waals surface area contributed by atoms with E-state index < -0.39 is 5.91 Å². The van der Waals surface area contributed by atoms with Crippen LogP contribution < -0.4 is 10.5 Å². The first-order chi connectivity index (χ1) is 19.7. The van der Waals surface area contributed by atoms with Gasteiger partial charge >= 0.3 is 0 Å². The van der Waals surface area contributed by atoms with Crippen LogP contribution in [0.25, 0.3) is 21.7 Å². The van der Waals surface area contributed by atoms with Gasteiger partial charge in [0, 0.05) is 34.2 Å². The van der Waals surface area contributed by atoms with Crippen LogP contribution in [0.3, 0.4) is 0 Å². The summed E-state index contributed by atoms with van der Waals surface area (Å²) in [4.78, 5) is 25.9. The number of nitrogens with two attached hydrogens (primary N) is 1. The summed E-state index contributed by atoms with van der Waals surface area (Å²) in [5.74, 6) is 0.738. The minimum absolute atomic E-state index is 0.133. The number of nitrogens with zero attached hydrogens (tertiary/aromatic N) is 1. The zero-order valence-corrected chi connectivity index (χ0v) is 26.5. The number of aromatic nitrogens is 1. The molecular weight excluding hydrogens is 544 g/mol. The monoisotopic (exact) mass is 586 g/mol. The number of primary amides is 1. The molecule has 1 fully saturated rings. The van der Waals surface area contributed by atoms with E-state index in [4.69, 9.17) is 22.1 Å². The molecule has 5 rings (SSSR count). The van der Waals surface area contributed by atoms with Crippen LogP contribution in [0.5, 0.6) is 5.75 Å². The summed E-state index contributed by atoms with van der Waals surface area (Å²) in [6.45, 7) is 14.7. The zero-order chi connectivity index (χ0) is 30.4. The third-order valence-electron chi connectivity index (χ3n) is 8.76. The molecule has 222 valence electrons. The SMILES string of the molecule is CC(C)(C)C(CCCn1cc(C(=O)COc2cc3ccc(Cl)cc3cc2C(N)=O)c2ccc(C3CC3)cc21)C(C)(C)C. The van der Waals surface area contributed by atoms with Gasteiger partial charge in [0.15, 0.2) is 6.61 Å². The van der Waals surface area contributed by atoms with Crippen LogP contribution in [0.4, 0.5) is 0 Å². The number of carbonyl (C=O) groups excluding carboxylic acids is 2.